The van der Waals surface area contributed by atoms with Crippen molar-refractivity contribution < 1.29 is 4.74 Å². The number of halogens is 1. The van der Waals surface area contributed by atoms with Crippen molar-refractivity contribution in [3.05, 3.63) is 52.5 Å². The van der Waals surface area contributed by atoms with Gasteiger partial charge >= 0.3 is 0 Å². The molecule has 0 saturated carbocycles. The van der Waals surface area contributed by atoms with Gasteiger partial charge in [-0.1, -0.05) is 24.6 Å². The van der Waals surface area contributed by atoms with Crippen molar-refractivity contribution >= 4 is 17.3 Å². The fourth-order valence-corrected chi connectivity index (χ4v) is 1.90. The summed E-state index contributed by atoms with van der Waals surface area (Å²) in [6.45, 7) is 2.07. The van der Waals surface area contributed by atoms with E-state index in [9.17, 15) is 0 Å². The molecule has 0 bridgehead atoms. The molecule has 2 N–H and O–H groups in total. The van der Waals surface area contributed by atoms with Crippen LogP contribution < -0.4 is 10.5 Å². The van der Waals surface area contributed by atoms with Crippen LogP contribution in [-0.2, 0) is 6.42 Å². The summed E-state index contributed by atoms with van der Waals surface area (Å²) in [4.78, 5) is 0. The lowest BCUT2D eigenvalue weighted by Crippen LogP contribution is -1.94. The number of ether oxygens (including phenoxy) is 1. The van der Waals surface area contributed by atoms with Crippen LogP contribution in [0.1, 0.15) is 18.1 Å². The molecule has 2 aromatic rings. The highest BCUT2D eigenvalue weighted by Crippen LogP contribution is 2.30. The predicted molar refractivity (Wildman–Crippen MR) is 76.5 cm³/mol. The first kappa shape index (κ1) is 13.3. The van der Waals surface area contributed by atoms with Gasteiger partial charge in [-0.15, -0.1) is 0 Å². The highest BCUT2D eigenvalue weighted by molar-refractivity contribution is 6.31. The molecular formula is C15H13ClN2O. The molecule has 0 heterocycles. The van der Waals surface area contributed by atoms with Gasteiger partial charge in [0.2, 0.25) is 0 Å². The number of nitrogen functional groups attached to an aromatic ring is 1. The Balaban J connectivity index is 2.26. The summed E-state index contributed by atoms with van der Waals surface area (Å²) < 4.78 is 5.67. The second kappa shape index (κ2) is 5.64. The number of nitriles is 1. The number of aryl methyl sites for hydroxylation is 1. The van der Waals surface area contributed by atoms with Crippen LogP contribution in [0.4, 0.5) is 5.69 Å². The van der Waals surface area contributed by atoms with Crippen LogP contribution in [0.5, 0.6) is 11.5 Å². The zero-order chi connectivity index (χ0) is 13.8. The Hall–Kier alpha value is -2.18. The Morgan fingerprint density at radius 1 is 1.26 bits per heavy atom. The van der Waals surface area contributed by atoms with Crippen LogP contribution in [0.25, 0.3) is 0 Å². The molecule has 2 aromatic carbocycles. The minimum Gasteiger partial charge on any atom is -0.455 e. The smallest absolute Gasteiger partial charge is 0.150 e. The molecule has 3 nitrogen and oxygen atoms in total. The minimum absolute atomic E-state index is 0.365. The van der Waals surface area contributed by atoms with E-state index in [1.54, 1.807) is 18.2 Å². The molecule has 0 radical (unpaired) electrons. The second-order valence-corrected chi connectivity index (χ2v) is 4.49. The summed E-state index contributed by atoms with van der Waals surface area (Å²) in [6, 6.07) is 12.6. The molecular weight excluding hydrogens is 260 g/mol. The van der Waals surface area contributed by atoms with E-state index in [1.807, 2.05) is 24.3 Å². The van der Waals surface area contributed by atoms with Crippen molar-refractivity contribution in [3.8, 4) is 17.6 Å². The summed E-state index contributed by atoms with van der Waals surface area (Å²) in [5.41, 5.74) is 8.09. The summed E-state index contributed by atoms with van der Waals surface area (Å²) in [6.07, 6.45) is 0.924. The lowest BCUT2D eigenvalue weighted by atomic mass is 10.1. The monoisotopic (exact) mass is 272 g/mol. The highest BCUT2D eigenvalue weighted by atomic mass is 35.5. The molecule has 0 fully saturated rings. The molecule has 0 unspecified atom stereocenters. The normalized spacial score (nSPS) is 9.95. The van der Waals surface area contributed by atoms with Crippen LogP contribution in [0.2, 0.25) is 5.02 Å². The minimum atomic E-state index is 0.365. The summed E-state index contributed by atoms with van der Waals surface area (Å²) in [7, 11) is 0. The molecule has 2 rings (SSSR count). The quantitative estimate of drug-likeness (QED) is 0.854. The van der Waals surface area contributed by atoms with Gasteiger partial charge in [0.15, 0.2) is 0 Å². The van der Waals surface area contributed by atoms with Crippen LogP contribution >= 0.6 is 11.6 Å². The number of hydrogen-bond acceptors (Lipinski definition) is 3. The fourth-order valence-electron chi connectivity index (χ4n) is 1.69. The van der Waals surface area contributed by atoms with Gasteiger partial charge in [0.1, 0.15) is 17.6 Å². The van der Waals surface area contributed by atoms with Crippen LogP contribution in [0.15, 0.2) is 36.4 Å². The molecule has 0 aliphatic carbocycles. The third-order valence-corrected chi connectivity index (χ3v) is 3.08. The van der Waals surface area contributed by atoms with E-state index in [-0.39, 0.29) is 0 Å². The summed E-state index contributed by atoms with van der Waals surface area (Å²) in [5, 5.41) is 9.17. The van der Waals surface area contributed by atoms with Gasteiger partial charge in [-0.3, -0.25) is 0 Å². The van der Waals surface area contributed by atoms with Gasteiger partial charge in [-0.05, 0) is 36.2 Å². The molecule has 19 heavy (non-hydrogen) atoms. The van der Waals surface area contributed by atoms with Gasteiger partial charge in [0.25, 0.3) is 0 Å². The van der Waals surface area contributed by atoms with Crippen LogP contribution in [-0.4, -0.2) is 0 Å². The Labute approximate surface area is 117 Å². The zero-order valence-electron chi connectivity index (χ0n) is 10.5. The molecule has 0 amide bonds. The lowest BCUT2D eigenvalue weighted by molar-refractivity contribution is 0.485. The van der Waals surface area contributed by atoms with Crippen molar-refractivity contribution in [1.29, 1.82) is 5.26 Å². The topological polar surface area (TPSA) is 59.0 Å². The van der Waals surface area contributed by atoms with Crippen molar-refractivity contribution in [2.75, 3.05) is 5.73 Å². The van der Waals surface area contributed by atoms with E-state index in [1.165, 1.54) is 0 Å². The fraction of sp³-hybridized carbons (Fsp3) is 0.133. The van der Waals surface area contributed by atoms with E-state index in [4.69, 9.17) is 27.3 Å². The third kappa shape index (κ3) is 2.98. The first-order valence-electron chi connectivity index (χ1n) is 5.90. The first-order valence-corrected chi connectivity index (χ1v) is 6.27. The lowest BCUT2D eigenvalue weighted by Gasteiger charge is -2.10. The van der Waals surface area contributed by atoms with Crippen molar-refractivity contribution in [2.24, 2.45) is 0 Å². The molecule has 0 aromatic heterocycles. The average Bonchev–Trinajstić information content (AvgIpc) is 2.41. The summed E-state index contributed by atoms with van der Waals surface area (Å²) >= 11 is 5.95. The maximum absolute atomic E-state index is 8.81. The number of nitrogens with two attached hydrogens (primary N) is 1. The predicted octanol–water partition coefficient (Wildman–Crippen LogP) is 4.15. The van der Waals surface area contributed by atoms with Gasteiger partial charge < -0.3 is 10.5 Å². The van der Waals surface area contributed by atoms with Gasteiger partial charge in [-0.2, -0.15) is 5.26 Å². The first-order chi connectivity index (χ1) is 9.13. The van der Waals surface area contributed by atoms with Crippen molar-refractivity contribution in [2.45, 2.75) is 13.3 Å². The molecule has 0 saturated heterocycles. The Morgan fingerprint density at radius 2 is 2.05 bits per heavy atom. The molecule has 4 heteroatoms. The van der Waals surface area contributed by atoms with E-state index in [2.05, 4.69) is 6.92 Å². The van der Waals surface area contributed by atoms with Crippen LogP contribution in [0.3, 0.4) is 0 Å². The van der Waals surface area contributed by atoms with E-state index < -0.39 is 0 Å². The highest BCUT2D eigenvalue weighted by Gasteiger charge is 2.06. The number of benzene rings is 2. The maximum atomic E-state index is 8.81. The Morgan fingerprint density at radius 3 is 2.63 bits per heavy atom. The Bertz CT molecular complexity index is 647. The van der Waals surface area contributed by atoms with Crippen molar-refractivity contribution in [1.82, 2.24) is 0 Å². The second-order valence-electron chi connectivity index (χ2n) is 4.08. The zero-order valence-corrected chi connectivity index (χ0v) is 11.2. The maximum Gasteiger partial charge on any atom is 0.150 e. The number of hydrogen-bond donors (Lipinski definition) is 1. The molecule has 0 spiro atoms. The van der Waals surface area contributed by atoms with E-state index in [0.29, 0.717) is 27.8 Å². The SMILES string of the molecule is CCc1ccc(Oc2ccc(C#N)c(Cl)c2)c(N)c1. The van der Waals surface area contributed by atoms with Crippen molar-refractivity contribution in [3.63, 3.8) is 0 Å². The molecule has 96 valence electrons. The standard InChI is InChI=1S/C15H13ClN2O/c1-2-10-3-6-15(14(18)7-10)19-12-5-4-11(9-17)13(16)8-12/h3-8H,2,18H2,1H3. The van der Waals surface area contributed by atoms with Crippen LogP contribution in [0, 0.1) is 11.3 Å². The number of rotatable bonds is 3. The number of nitrogens with zero attached hydrogens (tertiary/aromatic N) is 1. The molecule has 0 aliphatic rings. The van der Waals surface area contributed by atoms with E-state index >= 15 is 0 Å². The summed E-state index contributed by atoms with van der Waals surface area (Å²) in [5.74, 6) is 1.14. The van der Waals surface area contributed by atoms with Gasteiger partial charge in [0.05, 0.1) is 16.3 Å². The van der Waals surface area contributed by atoms with Gasteiger partial charge in [0, 0.05) is 6.07 Å². The Kier molecular flexibility index (Phi) is 3.94. The molecule has 0 aliphatic heterocycles. The third-order valence-electron chi connectivity index (χ3n) is 2.77. The molecule has 0 atom stereocenters. The largest absolute Gasteiger partial charge is 0.455 e. The van der Waals surface area contributed by atoms with E-state index in [0.717, 1.165) is 12.0 Å². The number of anilines is 1. The average molecular weight is 273 g/mol. The van der Waals surface area contributed by atoms with Gasteiger partial charge in [-0.25, -0.2) is 0 Å².